The molecule has 0 bridgehead atoms. The Morgan fingerprint density at radius 3 is 2.76 bits per heavy atom. The highest BCUT2D eigenvalue weighted by atomic mass is 16.3. The molecule has 0 heterocycles. The van der Waals surface area contributed by atoms with E-state index in [-0.39, 0.29) is 11.7 Å². The number of carbonyl (C=O) groups excluding carboxylic acids is 1. The fourth-order valence-electron chi connectivity index (χ4n) is 2.38. The molecule has 17 heavy (non-hydrogen) atoms. The Balaban J connectivity index is 1.84. The summed E-state index contributed by atoms with van der Waals surface area (Å²) in [5.41, 5.74) is 0.860. The molecule has 1 aromatic carbocycles. The molecule has 0 aliphatic heterocycles. The average Bonchev–Trinajstić information content (AvgIpc) is 2.30. The van der Waals surface area contributed by atoms with E-state index in [1.54, 1.807) is 18.2 Å². The Kier molecular flexibility index (Phi) is 4.02. The van der Waals surface area contributed by atoms with Crippen LogP contribution in [0.2, 0.25) is 0 Å². The van der Waals surface area contributed by atoms with E-state index in [0.29, 0.717) is 12.5 Å². The minimum Gasteiger partial charge on any atom is -0.508 e. The molecule has 0 atom stereocenters. The van der Waals surface area contributed by atoms with Crippen LogP contribution in [0.3, 0.4) is 0 Å². The maximum atomic E-state index is 11.8. The topological polar surface area (TPSA) is 49.3 Å². The highest BCUT2D eigenvalue weighted by molar-refractivity contribution is 5.78. The van der Waals surface area contributed by atoms with E-state index in [9.17, 15) is 9.90 Å². The van der Waals surface area contributed by atoms with Gasteiger partial charge < -0.3 is 10.4 Å². The van der Waals surface area contributed by atoms with Crippen molar-refractivity contribution in [1.82, 2.24) is 5.32 Å². The molecule has 92 valence electrons. The predicted octanol–water partition coefficient (Wildman–Crippen LogP) is 2.38. The SMILES string of the molecule is O=C(Cc1cccc(O)c1)NC1CCCCC1. The molecule has 3 heteroatoms. The van der Waals surface area contributed by atoms with Gasteiger partial charge in [-0.15, -0.1) is 0 Å². The van der Waals surface area contributed by atoms with Crippen LogP contribution < -0.4 is 5.32 Å². The van der Waals surface area contributed by atoms with Gasteiger partial charge in [-0.2, -0.15) is 0 Å². The van der Waals surface area contributed by atoms with Crippen LogP contribution in [0, 0.1) is 0 Å². The minimum atomic E-state index is 0.0579. The van der Waals surface area contributed by atoms with Crippen LogP contribution >= 0.6 is 0 Å². The Morgan fingerprint density at radius 2 is 2.06 bits per heavy atom. The first-order chi connectivity index (χ1) is 8.24. The summed E-state index contributed by atoms with van der Waals surface area (Å²) in [6, 6.07) is 7.23. The smallest absolute Gasteiger partial charge is 0.224 e. The fraction of sp³-hybridized carbons (Fsp3) is 0.500. The van der Waals surface area contributed by atoms with Crippen molar-refractivity contribution in [1.29, 1.82) is 0 Å². The van der Waals surface area contributed by atoms with E-state index >= 15 is 0 Å². The van der Waals surface area contributed by atoms with Crippen LogP contribution in [0.15, 0.2) is 24.3 Å². The highest BCUT2D eigenvalue weighted by Gasteiger charge is 2.15. The lowest BCUT2D eigenvalue weighted by Crippen LogP contribution is -2.37. The summed E-state index contributed by atoms with van der Waals surface area (Å²) in [6.07, 6.45) is 6.29. The van der Waals surface area contributed by atoms with Crippen molar-refractivity contribution in [2.75, 3.05) is 0 Å². The van der Waals surface area contributed by atoms with E-state index < -0.39 is 0 Å². The van der Waals surface area contributed by atoms with Gasteiger partial charge in [0.15, 0.2) is 0 Å². The minimum absolute atomic E-state index is 0.0579. The van der Waals surface area contributed by atoms with Crippen molar-refractivity contribution < 1.29 is 9.90 Å². The molecule has 0 saturated heterocycles. The van der Waals surface area contributed by atoms with Crippen LogP contribution in [0.25, 0.3) is 0 Å². The molecule has 0 unspecified atom stereocenters. The van der Waals surface area contributed by atoms with Crippen molar-refractivity contribution in [2.24, 2.45) is 0 Å². The summed E-state index contributed by atoms with van der Waals surface area (Å²) >= 11 is 0. The van der Waals surface area contributed by atoms with E-state index in [1.807, 2.05) is 6.07 Å². The third-order valence-corrected chi connectivity index (χ3v) is 3.25. The molecule has 1 fully saturated rings. The first-order valence-corrected chi connectivity index (χ1v) is 6.31. The molecule has 1 amide bonds. The summed E-state index contributed by atoms with van der Waals surface area (Å²) in [5, 5.41) is 12.4. The summed E-state index contributed by atoms with van der Waals surface area (Å²) in [5.74, 6) is 0.274. The largest absolute Gasteiger partial charge is 0.508 e. The molecule has 2 rings (SSSR count). The molecular weight excluding hydrogens is 214 g/mol. The van der Waals surface area contributed by atoms with E-state index in [0.717, 1.165) is 18.4 Å². The van der Waals surface area contributed by atoms with Gasteiger partial charge >= 0.3 is 0 Å². The molecule has 0 spiro atoms. The normalized spacial score (nSPS) is 16.7. The van der Waals surface area contributed by atoms with Crippen molar-refractivity contribution in [2.45, 2.75) is 44.6 Å². The van der Waals surface area contributed by atoms with Crippen molar-refractivity contribution in [3.8, 4) is 5.75 Å². The Bertz CT molecular complexity index is 384. The molecule has 1 aliphatic rings. The number of amides is 1. The van der Waals surface area contributed by atoms with Crippen molar-refractivity contribution >= 4 is 5.91 Å². The monoisotopic (exact) mass is 233 g/mol. The summed E-state index contributed by atoms with van der Waals surface area (Å²) in [7, 11) is 0. The van der Waals surface area contributed by atoms with Crippen LogP contribution in [0.5, 0.6) is 5.75 Å². The van der Waals surface area contributed by atoms with Crippen LogP contribution in [0.1, 0.15) is 37.7 Å². The third kappa shape index (κ3) is 3.77. The summed E-state index contributed by atoms with van der Waals surface area (Å²) in [4.78, 5) is 11.8. The summed E-state index contributed by atoms with van der Waals surface area (Å²) in [6.45, 7) is 0. The Morgan fingerprint density at radius 1 is 1.29 bits per heavy atom. The zero-order valence-corrected chi connectivity index (χ0v) is 9.98. The van der Waals surface area contributed by atoms with Gasteiger partial charge in [0.05, 0.1) is 6.42 Å². The van der Waals surface area contributed by atoms with Gasteiger partial charge in [-0.3, -0.25) is 4.79 Å². The maximum Gasteiger partial charge on any atom is 0.224 e. The van der Waals surface area contributed by atoms with Crippen molar-refractivity contribution in [3.05, 3.63) is 29.8 Å². The van der Waals surface area contributed by atoms with E-state index in [1.165, 1.54) is 19.3 Å². The molecule has 0 aromatic heterocycles. The number of carbonyl (C=O) groups is 1. The second kappa shape index (κ2) is 5.71. The van der Waals surface area contributed by atoms with E-state index in [4.69, 9.17) is 0 Å². The predicted molar refractivity (Wildman–Crippen MR) is 66.8 cm³/mol. The molecule has 0 radical (unpaired) electrons. The standard InChI is InChI=1S/C14H19NO2/c16-13-8-4-5-11(9-13)10-14(17)15-12-6-2-1-3-7-12/h4-5,8-9,12,16H,1-3,6-7,10H2,(H,15,17). The lowest BCUT2D eigenvalue weighted by atomic mass is 9.95. The zero-order chi connectivity index (χ0) is 12.1. The lowest BCUT2D eigenvalue weighted by molar-refractivity contribution is -0.121. The fourth-order valence-corrected chi connectivity index (χ4v) is 2.38. The quantitative estimate of drug-likeness (QED) is 0.842. The van der Waals surface area contributed by atoms with Gasteiger partial charge in [0, 0.05) is 6.04 Å². The van der Waals surface area contributed by atoms with Crippen molar-refractivity contribution in [3.63, 3.8) is 0 Å². The van der Waals surface area contributed by atoms with Gasteiger partial charge in [0.1, 0.15) is 5.75 Å². The molecule has 1 aromatic rings. The highest BCUT2D eigenvalue weighted by Crippen LogP contribution is 2.17. The van der Waals surface area contributed by atoms with E-state index in [2.05, 4.69) is 5.32 Å². The number of phenols is 1. The van der Waals surface area contributed by atoms with Gasteiger partial charge in [0.25, 0.3) is 0 Å². The maximum absolute atomic E-state index is 11.8. The molecular formula is C14H19NO2. The lowest BCUT2D eigenvalue weighted by Gasteiger charge is -2.22. The number of hydrogen-bond acceptors (Lipinski definition) is 2. The summed E-state index contributed by atoms with van der Waals surface area (Å²) < 4.78 is 0. The number of benzene rings is 1. The first-order valence-electron chi connectivity index (χ1n) is 6.31. The molecule has 1 saturated carbocycles. The number of nitrogens with one attached hydrogen (secondary N) is 1. The number of rotatable bonds is 3. The molecule has 1 aliphatic carbocycles. The van der Waals surface area contributed by atoms with Crippen LogP contribution in [-0.2, 0) is 11.2 Å². The molecule has 3 nitrogen and oxygen atoms in total. The van der Waals surface area contributed by atoms with Gasteiger partial charge in [-0.05, 0) is 30.5 Å². The second-order valence-electron chi connectivity index (χ2n) is 4.75. The van der Waals surface area contributed by atoms with Crippen LogP contribution in [0.4, 0.5) is 0 Å². The zero-order valence-electron chi connectivity index (χ0n) is 9.98. The first kappa shape index (κ1) is 12.0. The number of phenolic OH excluding ortho intramolecular Hbond substituents is 1. The molecule has 2 N–H and O–H groups in total. The average molecular weight is 233 g/mol. The second-order valence-corrected chi connectivity index (χ2v) is 4.75. The number of aromatic hydroxyl groups is 1. The third-order valence-electron chi connectivity index (χ3n) is 3.25. The number of hydrogen-bond donors (Lipinski definition) is 2. The van der Waals surface area contributed by atoms with Gasteiger partial charge in [0.2, 0.25) is 5.91 Å². The Hall–Kier alpha value is -1.51. The van der Waals surface area contributed by atoms with Crippen LogP contribution in [-0.4, -0.2) is 17.1 Å². The Labute approximate surface area is 102 Å². The van der Waals surface area contributed by atoms with Gasteiger partial charge in [-0.25, -0.2) is 0 Å². The van der Waals surface area contributed by atoms with Gasteiger partial charge in [-0.1, -0.05) is 31.4 Å².